The van der Waals surface area contributed by atoms with Crippen molar-refractivity contribution >= 4 is 21.6 Å². The van der Waals surface area contributed by atoms with Gasteiger partial charge in [0.15, 0.2) is 0 Å². The Morgan fingerprint density at radius 2 is 1.79 bits per heavy atom. The van der Waals surface area contributed by atoms with Crippen LogP contribution in [0.5, 0.6) is 0 Å². The molecule has 1 aliphatic heterocycles. The Balaban J connectivity index is 1.42. The van der Waals surface area contributed by atoms with E-state index in [2.05, 4.69) is 11.4 Å². The fraction of sp³-hybridized carbons (Fsp3) is 0.364. The first-order chi connectivity index (χ1) is 13.9. The molecule has 1 atom stereocenters. The van der Waals surface area contributed by atoms with E-state index < -0.39 is 15.9 Å². The fourth-order valence-corrected chi connectivity index (χ4v) is 5.37. The normalized spacial score (nSPS) is 21.1. The maximum Gasteiger partial charge on any atom is 0.243 e. The number of hydrogen-bond acceptors (Lipinski definition) is 4. The molecule has 6 nitrogen and oxygen atoms in total. The molecule has 150 valence electrons. The van der Waals surface area contributed by atoms with Gasteiger partial charge >= 0.3 is 0 Å². The Morgan fingerprint density at radius 1 is 1.10 bits per heavy atom. The topological polar surface area (TPSA) is 90.3 Å². The van der Waals surface area contributed by atoms with Crippen molar-refractivity contribution in [2.24, 2.45) is 5.92 Å². The van der Waals surface area contributed by atoms with Gasteiger partial charge in [-0.15, -0.1) is 0 Å². The number of benzene rings is 2. The van der Waals surface area contributed by atoms with E-state index in [1.165, 1.54) is 4.31 Å². The van der Waals surface area contributed by atoms with Crippen LogP contribution in [0.2, 0.25) is 0 Å². The summed E-state index contributed by atoms with van der Waals surface area (Å²) in [6.07, 6.45) is 3.06. The number of piperidine rings is 1. The SMILES string of the molecule is N#CC1(c2ccc(NC(=O)[C@@H]3CCCN(S(=O)(=O)c4ccccc4)C3)cc2)CC1. The molecular formula is C22H23N3O3S. The predicted octanol–water partition coefficient (Wildman–Crippen LogP) is 3.28. The van der Waals surface area contributed by atoms with Gasteiger partial charge in [-0.25, -0.2) is 8.42 Å². The van der Waals surface area contributed by atoms with Gasteiger partial charge in [-0.05, 0) is 55.5 Å². The van der Waals surface area contributed by atoms with E-state index in [1.54, 1.807) is 30.3 Å². The number of amides is 1. The third-order valence-electron chi connectivity index (χ3n) is 5.80. The van der Waals surface area contributed by atoms with E-state index >= 15 is 0 Å². The number of carbonyl (C=O) groups is 1. The Morgan fingerprint density at radius 3 is 2.41 bits per heavy atom. The van der Waals surface area contributed by atoms with Crippen LogP contribution in [0, 0.1) is 17.2 Å². The average molecular weight is 410 g/mol. The zero-order valence-corrected chi connectivity index (χ0v) is 16.9. The zero-order chi connectivity index (χ0) is 20.5. The fourth-order valence-electron chi connectivity index (χ4n) is 3.82. The highest BCUT2D eigenvalue weighted by molar-refractivity contribution is 7.89. The van der Waals surface area contributed by atoms with Crippen molar-refractivity contribution in [3.8, 4) is 6.07 Å². The van der Waals surface area contributed by atoms with Crippen LogP contribution in [0.1, 0.15) is 31.2 Å². The average Bonchev–Trinajstić information content (AvgIpc) is 3.56. The van der Waals surface area contributed by atoms with Gasteiger partial charge in [0.25, 0.3) is 0 Å². The van der Waals surface area contributed by atoms with Crippen molar-refractivity contribution in [3.63, 3.8) is 0 Å². The molecule has 0 aromatic heterocycles. The molecule has 0 radical (unpaired) electrons. The van der Waals surface area contributed by atoms with Gasteiger partial charge in [-0.2, -0.15) is 9.57 Å². The molecule has 2 aliphatic rings. The number of nitriles is 1. The zero-order valence-electron chi connectivity index (χ0n) is 16.0. The summed E-state index contributed by atoms with van der Waals surface area (Å²) in [5.41, 5.74) is 1.30. The van der Waals surface area contributed by atoms with E-state index in [4.69, 9.17) is 0 Å². The summed E-state index contributed by atoms with van der Waals surface area (Å²) >= 11 is 0. The van der Waals surface area contributed by atoms with Crippen LogP contribution in [0.25, 0.3) is 0 Å². The van der Waals surface area contributed by atoms with Crippen LogP contribution in [0.4, 0.5) is 5.69 Å². The first-order valence-corrected chi connectivity index (χ1v) is 11.3. The van der Waals surface area contributed by atoms with Gasteiger partial charge in [-0.3, -0.25) is 4.79 Å². The minimum absolute atomic E-state index is 0.174. The first-order valence-electron chi connectivity index (χ1n) is 9.82. The van der Waals surface area contributed by atoms with Crippen molar-refractivity contribution in [2.45, 2.75) is 36.0 Å². The largest absolute Gasteiger partial charge is 0.326 e. The highest BCUT2D eigenvalue weighted by Crippen LogP contribution is 2.47. The monoisotopic (exact) mass is 409 g/mol. The number of carbonyl (C=O) groups excluding carboxylic acids is 1. The molecule has 1 saturated heterocycles. The lowest BCUT2D eigenvalue weighted by molar-refractivity contribution is -0.120. The lowest BCUT2D eigenvalue weighted by Gasteiger charge is -2.31. The molecule has 4 rings (SSSR count). The van der Waals surface area contributed by atoms with Crippen molar-refractivity contribution in [3.05, 3.63) is 60.2 Å². The molecule has 1 heterocycles. The third-order valence-corrected chi connectivity index (χ3v) is 7.68. The molecule has 1 N–H and O–H groups in total. The molecule has 2 fully saturated rings. The van der Waals surface area contributed by atoms with Gasteiger partial charge in [0.2, 0.25) is 15.9 Å². The molecule has 1 amide bonds. The van der Waals surface area contributed by atoms with Crippen molar-refractivity contribution < 1.29 is 13.2 Å². The minimum Gasteiger partial charge on any atom is -0.326 e. The van der Waals surface area contributed by atoms with Crippen LogP contribution < -0.4 is 5.32 Å². The standard InChI is InChI=1S/C22H23N3O3S/c23-16-22(12-13-22)18-8-10-19(11-9-18)24-21(26)17-5-4-14-25(15-17)29(27,28)20-6-2-1-3-7-20/h1-3,6-11,17H,4-5,12-15H2,(H,24,26)/t17-/m1/s1. The van der Waals surface area contributed by atoms with E-state index in [9.17, 15) is 18.5 Å². The Hall–Kier alpha value is -2.69. The van der Waals surface area contributed by atoms with Crippen molar-refractivity contribution in [1.29, 1.82) is 5.26 Å². The van der Waals surface area contributed by atoms with Crippen LogP contribution in [-0.4, -0.2) is 31.7 Å². The van der Waals surface area contributed by atoms with Crippen molar-refractivity contribution in [2.75, 3.05) is 18.4 Å². The second-order valence-electron chi connectivity index (χ2n) is 7.78. The van der Waals surface area contributed by atoms with Crippen molar-refractivity contribution in [1.82, 2.24) is 4.31 Å². The molecule has 1 aliphatic carbocycles. The maximum atomic E-state index is 12.8. The van der Waals surface area contributed by atoms with E-state index in [-0.39, 0.29) is 22.8 Å². The summed E-state index contributed by atoms with van der Waals surface area (Å²) in [6, 6.07) is 18.1. The minimum atomic E-state index is -3.60. The summed E-state index contributed by atoms with van der Waals surface area (Å²) in [5, 5.41) is 12.2. The number of hydrogen-bond donors (Lipinski definition) is 1. The Bertz CT molecular complexity index is 1040. The van der Waals surface area contributed by atoms with Crippen LogP contribution in [0.15, 0.2) is 59.5 Å². The number of sulfonamides is 1. The summed E-state index contributed by atoms with van der Waals surface area (Å²) < 4.78 is 27.1. The second kappa shape index (κ2) is 7.62. The molecular weight excluding hydrogens is 386 g/mol. The van der Waals surface area contributed by atoms with Crippen LogP contribution in [-0.2, 0) is 20.2 Å². The van der Waals surface area contributed by atoms with Gasteiger partial charge in [0.1, 0.15) is 0 Å². The van der Waals surface area contributed by atoms with Crippen LogP contribution >= 0.6 is 0 Å². The van der Waals surface area contributed by atoms with E-state index in [0.717, 1.165) is 18.4 Å². The molecule has 0 spiro atoms. The van der Waals surface area contributed by atoms with Gasteiger partial charge in [0.05, 0.1) is 22.3 Å². The Labute approximate surface area is 171 Å². The molecule has 7 heteroatoms. The number of nitrogens with one attached hydrogen (secondary N) is 1. The second-order valence-corrected chi connectivity index (χ2v) is 9.71. The summed E-state index contributed by atoms with van der Waals surface area (Å²) in [7, 11) is -3.60. The highest BCUT2D eigenvalue weighted by Gasteiger charge is 2.44. The molecule has 0 unspecified atom stereocenters. The van der Waals surface area contributed by atoms with Crippen LogP contribution in [0.3, 0.4) is 0 Å². The summed E-state index contributed by atoms with van der Waals surface area (Å²) in [5.74, 6) is -0.567. The molecule has 2 aromatic rings. The van der Waals surface area contributed by atoms with Gasteiger partial charge in [-0.1, -0.05) is 30.3 Å². The molecule has 1 saturated carbocycles. The predicted molar refractivity (Wildman–Crippen MR) is 110 cm³/mol. The first kappa shape index (κ1) is 19.6. The summed E-state index contributed by atoms with van der Waals surface area (Å²) in [4.78, 5) is 13.0. The smallest absolute Gasteiger partial charge is 0.243 e. The lowest BCUT2D eigenvalue weighted by atomic mass is 9.97. The quantitative estimate of drug-likeness (QED) is 0.820. The lowest BCUT2D eigenvalue weighted by Crippen LogP contribution is -2.43. The van der Waals surface area contributed by atoms with Gasteiger partial charge in [0, 0.05) is 18.8 Å². The maximum absolute atomic E-state index is 12.8. The molecule has 0 bridgehead atoms. The molecule has 29 heavy (non-hydrogen) atoms. The number of rotatable bonds is 5. The number of anilines is 1. The van der Waals surface area contributed by atoms with E-state index in [1.807, 2.05) is 24.3 Å². The highest BCUT2D eigenvalue weighted by atomic mass is 32.2. The molecule has 2 aromatic carbocycles. The van der Waals surface area contributed by atoms with Gasteiger partial charge < -0.3 is 5.32 Å². The Kier molecular flexibility index (Phi) is 5.15. The van der Waals surface area contributed by atoms with E-state index in [0.29, 0.717) is 25.1 Å². The third kappa shape index (κ3) is 3.91. The number of nitrogens with zero attached hydrogens (tertiary/aromatic N) is 2. The summed E-state index contributed by atoms with van der Waals surface area (Å²) in [6.45, 7) is 0.602.